The van der Waals surface area contributed by atoms with Gasteiger partial charge in [-0.3, -0.25) is 4.79 Å². The van der Waals surface area contributed by atoms with Crippen LogP contribution in [-0.2, 0) is 14.3 Å². The van der Waals surface area contributed by atoms with Gasteiger partial charge in [-0.25, -0.2) is 4.79 Å². The number of nitrogens with one attached hydrogen (secondary N) is 1. The Morgan fingerprint density at radius 1 is 1.20 bits per heavy atom. The number of halogens is 1. The topological polar surface area (TPSA) is 117 Å². The number of carboxylic acids is 1. The number of ether oxygens (including phenoxy) is 3. The Hall–Kier alpha value is -1.87. The molecule has 3 aliphatic rings. The highest BCUT2D eigenvalue weighted by Crippen LogP contribution is 2.46. The van der Waals surface area contributed by atoms with E-state index in [1.165, 1.54) is 18.2 Å². The van der Waals surface area contributed by atoms with Gasteiger partial charge in [0.1, 0.15) is 5.75 Å². The Labute approximate surface area is 211 Å². The van der Waals surface area contributed by atoms with E-state index in [4.69, 9.17) is 25.8 Å². The van der Waals surface area contributed by atoms with Crippen LogP contribution in [-0.4, -0.2) is 54.7 Å². The number of amides is 1. The van der Waals surface area contributed by atoms with E-state index < -0.39 is 23.7 Å². The van der Waals surface area contributed by atoms with Crippen LogP contribution in [0.15, 0.2) is 18.2 Å². The number of rotatable bonds is 7. The smallest absolute Gasteiger partial charge is 0.334 e. The van der Waals surface area contributed by atoms with Crippen LogP contribution in [0, 0.1) is 29.6 Å². The predicted octanol–water partition coefficient (Wildman–Crippen LogP) is 3.10. The summed E-state index contributed by atoms with van der Waals surface area (Å²) in [4.78, 5) is 24.0. The van der Waals surface area contributed by atoms with Crippen molar-refractivity contribution in [3.63, 3.8) is 0 Å². The lowest BCUT2D eigenvalue weighted by Crippen LogP contribution is -2.67. The van der Waals surface area contributed by atoms with Gasteiger partial charge in [0.15, 0.2) is 5.54 Å². The summed E-state index contributed by atoms with van der Waals surface area (Å²) in [5.41, 5.74) is -1.25. The molecule has 2 saturated heterocycles. The van der Waals surface area contributed by atoms with Crippen LogP contribution in [0.2, 0.25) is 5.02 Å². The summed E-state index contributed by atoms with van der Waals surface area (Å²) in [5, 5.41) is 25.2. The van der Waals surface area contributed by atoms with Gasteiger partial charge in [-0.1, -0.05) is 31.9 Å². The number of carbonyl (C=O) groups excluding carboxylic acids is 1. The van der Waals surface area contributed by atoms with Crippen LogP contribution in [0.4, 0.5) is 0 Å². The molecule has 1 saturated carbocycles. The summed E-state index contributed by atoms with van der Waals surface area (Å²) < 4.78 is 16.8. The van der Waals surface area contributed by atoms with Crippen molar-refractivity contribution in [1.82, 2.24) is 5.32 Å². The maximum absolute atomic E-state index is 13.2. The first-order chi connectivity index (χ1) is 16.6. The quantitative estimate of drug-likeness (QED) is 0.543. The lowest BCUT2D eigenvalue weighted by atomic mass is 9.62. The van der Waals surface area contributed by atoms with Crippen LogP contribution in [0.3, 0.4) is 0 Å². The van der Waals surface area contributed by atoms with Gasteiger partial charge in [0.25, 0.3) is 5.91 Å². The lowest BCUT2D eigenvalue weighted by Gasteiger charge is -2.46. The Morgan fingerprint density at radius 2 is 1.94 bits per heavy atom. The molecule has 0 bridgehead atoms. The first kappa shape index (κ1) is 26.2. The first-order valence-electron chi connectivity index (χ1n) is 12.5. The summed E-state index contributed by atoms with van der Waals surface area (Å²) >= 11 is 6.35. The fraction of sp³-hybridized carbons (Fsp3) is 0.692. The molecule has 1 aromatic carbocycles. The van der Waals surface area contributed by atoms with Gasteiger partial charge in [0.2, 0.25) is 0 Å². The molecule has 7 atom stereocenters. The predicted molar refractivity (Wildman–Crippen MR) is 127 cm³/mol. The second kappa shape index (κ2) is 10.6. The van der Waals surface area contributed by atoms with Crippen molar-refractivity contribution in [1.29, 1.82) is 0 Å². The van der Waals surface area contributed by atoms with Gasteiger partial charge in [-0.2, -0.15) is 0 Å². The number of benzene rings is 1. The number of hydrogen-bond acceptors (Lipinski definition) is 6. The van der Waals surface area contributed by atoms with Gasteiger partial charge in [0.05, 0.1) is 30.9 Å². The number of carbonyl (C=O) groups is 2. The van der Waals surface area contributed by atoms with Crippen LogP contribution >= 0.6 is 11.6 Å². The number of carboxylic acid groups (broad SMARTS) is 1. The Morgan fingerprint density at radius 3 is 2.57 bits per heavy atom. The molecule has 8 nitrogen and oxygen atoms in total. The summed E-state index contributed by atoms with van der Waals surface area (Å²) in [6.07, 6.45) is 3.20. The molecule has 1 amide bonds. The van der Waals surface area contributed by atoms with E-state index >= 15 is 0 Å². The first-order valence-corrected chi connectivity index (χ1v) is 12.9. The van der Waals surface area contributed by atoms with Crippen molar-refractivity contribution in [2.24, 2.45) is 29.6 Å². The van der Waals surface area contributed by atoms with Gasteiger partial charge in [0, 0.05) is 11.9 Å². The van der Waals surface area contributed by atoms with Crippen molar-refractivity contribution in [2.45, 2.75) is 64.4 Å². The number of fused-ring (bicyclic) bond motifs is 1. The summed E-state index contributed by atoms with van der Waals surface area (Å²) in [7, 11) is 0. The van der Waals surface area contributed by atoms with Gasteiger partial charge < -0.3 is 29.7 Å². The zero-order valence-electron chi connectivity index (χ0n) is 20.5. The van der Waals surface area contributed by atoms with Crippen molar-refractivity contribution in [3.8, 4) is 5.75 Å². The third-order valence-electron chi connectivity index (χ3n) is 8.27. The molecule has 0 radical (unpaired) electrons. The molecular weight excluding hydrogens is 474 g/mol. The zero-order chi connectivity index (χ0) is 25.3. The molecule has 1 aliphatic carbocycles. The molecule has 35 heavy (non-hydrogen) atoms. The van der Waals surface area contributed by atoms with Crippen LogP contribution in [0.1, 0.15) is 56.8 Å². The van der Waals surface area contributed by atoms with E-state index in [0.29, 0.717) is 24.4 Å². The highest BCUT2D eigenvalue weighted by molar-refractivity contribution is 6.32. The van der Waals surface area contributed by atoms with Crippen LogP contribution < -0.4 is 15.2 Å². The third-order valence-corrected chi connectivity index (χ3v) is 8.56. The van der Waals surface area contributed by atoms with E-state index in [2.05, 4.69) is 19.2 Å². The van der Waals surface area contributed by atoms with E-state index in [0.717, 1.165) is 25.7 Å². The standard InChI is InChI=1S/C26H35ClNO7/c1-14-4-7-19(20-11-34-15(2)5-8-18(14)20)16(3)24(30)35-22-9-6-17(10-21(22)27)23(29)28-26(25(31)32)12-33-13-26/h6,9-10,14-16,18-20,24H,4-5,7-8,11-13H2,1-3H3,(H,28,29)(H,31,32)/q-1/t14-,15?,16-,18+,19+,20?,24-/m1/s1. The summed E-state index contributed by atoms with van der Waals surface area (Å²) in [5.74, 6) is -0.0165. The fourth-order valence-corrected chi connectivity index (χ4v) is 6.05. The molecule has 0 aromatic heterocycles. The minimum atomic E-state index is -1.43. The minimum absolute atomic E-state index is 0.0928. The molecule has 194 valence electrons. The Balaban J connectivity index is 1.41. The SMILES string of the molecule is CC1CC[C@@H]2C(CO1)[C@H]([C@@H](C)[C@H]([O-])Oc1ccc(C(=O)NC3(C(=O)O)COC3)cc1Cl)CC[C@H]2C. The third kappa shape index (κ3) is 5.45. The average molecular weight is 509 g/mol. The number of aliphatic carboxylic acids is 1. The van der Waals surface area contributed by atoms with Gasteiger partial charge in [-0.05, 0) is 74.0 Å². The van der Waals surface area contributed by atoms with Crippen molar-refractivity contribution < 1.29 is 34.0 Å². The monoisotopic (exact) mass is 508 g/mol. The molecule has 2 unspecified atom stereocenters. The Bertz CT molecular complexity index is 936. The molecule has 2 N–H and O–H groups in total. The highest BCUT2D eigenvalue weighted by Gasteiger charge is 2.48. The summed E-state index contributed by atoms with van der Waals surface area (Å²) in [6.45, 7) is 6.88. The van der Waals surface area contributed by atoms with Gasteiger partial charge in [-0.15, -0.1) is 0 Å². The highest BCUT2D eigenvalue weighted by atomic mass is 35.5. The second-order valence-electron chi connectivity index (χ2n) is 10.6. The van der Waals surface area contributed by atoms with Gasteiger partial charge >= 0.3 is 5.97 Å². The van der Waals surface area contributed by atoms with Crippen molar-refractivity contribution in [2.75, 3.05) is 19.8 Å². The van der Waals surface area contributed by atoms with Crippen LogP contribution in [0.25, 0.3) is 0 Å². The fourth-order valence-electron chi connectivity index (χ4n) is 5.82. The number of hydrogen-bond donors (Lipinski definition) is 2. The summed E-state index contributed by atoms with van der Waals surface area (Å²) in [6, 6.07) is 4.35. The molecule has 1 aromatic rings. The molecule has 9 heteroatoms. The second-order valence-corrected chi connectivity index (χ2v) is 11.0. The van der Waals surface area contributed by atoms with Crippen molar-refractivity contribution >= 4 is 23.5 Å². The molecule has 0 spiro atoms. The van der Waals surface area contributed by atoms with E-state index in [9.17, 15) is 19.8 Å². The van der Waals surface area contributed by atoms with Crippen molar-refractivity contribution in [3.05, 3.63) is 28.8 Å². The zero-order valence-corrected chi connectivity index (χ0v) is 21.3. The maximum Gasteiger partial charge on any atom is 0.334 e. The average Bonchev–Trinajstić information content (AvgIpc) is 2.99. The molecular formula is C26H35ClNO7-. The maximum atomic E-state index is 13.2. The lowest BCUT2D eigenvalue weighted by molar-refractivity contribution is -0.489. The van der Waals surface area contributed by atoms with Crippen LogP contribution in [0.5, 0.6) is 5.75 Å². The molecule has 3 fully saturated rings. The van der Waals surface area contributed by atoms with E-state index in [1.54, 1.807) is 0 Å². The normalized spacial score (nSPS) is 31.7. The molecule has 2 aliphatic heterocycles. The minimum Gasteiger partial charge on any atom is -0.821 e. The molecule has 2 heterocycles. The van der Waals surface area contributed by atoms with E-state index in [-0.39, 0.29) is 47.5 Å². The molecule has 4 rings (SSSR count). The van der Waals surface area contributed by atoms with E-state index in [1.807, 2.05) is 6.92 Å². The Kier molecular flexibility index (Phi) is 7.95. The largest absolute Gasteiger partial charge is 0.821 e.